The first-order valence-electron chi connectivity index (χ1n) is 5.41. The van der Waals surface area contributed by atoms with E-state index in [9.17, 15) is 17.6 Å². The van der Waals surface area contributed by atoms with Crippen LogP contribution in [0.4, 0.5) is 4.39 Å². The van der Waals surface area contributed by atoms with Crippen molar-refractivity contribution in [1.29, 1.82) is 0 Å². The summed E-state index contributed by atoms with van der Waals surface area (Å²) in [6, 6.07) is 4.23. The number of carbonyl (C=O) groups is 1. The summed E-state index contributed by atoms with van der Waals surface area (Å²) in [5, 5.41) is 2.49. The van der Waals surface area contributed by atoms with Crippen LogP contribution in [0.5, 0.6) is 0 Å². The fourth-order valence-corrected chi connectivity index (χ4v) is 2.64. The summed E-state index contributed by atoms with van der Waals surface area (Å²) < 4.78 is 35.9. The molecule has 0 bridgehead atoms. The van der Waals surface area contributed by atoms with E-state index in [0.717, 1.165) is 0 Å². The Morgan fingerprint density at radius 3 is 2.58 bits per heavy atom. The Kier molecular flexibility index (Phi) is 5.08. The summed E-state index contributed by atoms with van der Waals surface area (Å²) in [5.74, 6) is -2.11. The number of halogens is 2. The van der Waals surface area contributed by atoms with E-state index in [1.807, 2.05) is 0 Å². The molecular weight excluding hydrogens is 293 g/mol. The van der Waals surface area contributed by atoms with Gasteiger partial charge in [0.1, 0.15) is 0 Å². The van der Waals surface area contributed by atoms with Gasteiger partial charge in [-0.1, -0.05) is 25.1 Å². The first-order valence-corrected chi connectivity index (χ1v) is 7.44. The molecule has 104 valence electrons. The van der Waals surface area contributed by atoms with Crippen molar-refractivity contribution in [1.82, 2.24) is 5.32 Å². The Labute approximate surface area is 116 Å². The summed E-state index contributed by atoms with van der Waals surface area (Å²) in [7, 11) is -3.39. The van der Waals surface area contributed by atoms with Gasteiger partial charge in [0.05, 0.1) is 10.6 Å². The lowest BCUT2D eigenvalue weighted by Crippen LogP contribution is -2.22. The number of nitrogens with one attached hydrogen (secondary N) is 1. The number of carbonyl (C=O) groups excluding carboxylic acids is 1. The molecule has 1 aromatic rings. The minimum atomic E-state index is -3.39. The van der Waals surface area contributed by atoms with Crippen LogP contribution in [0.15, 0.2) is 35.5 Å². The van der Waals surface area contributed by atoms with Gasteiger partial charge in [-0.15, -0.1) is 0 Å². The molecule has 0 saturated carbocycles. The van der Waals surface area contributed by atoms with Crippen LogP contribution in [0.1, 0.15) is 12.5 Å². The van der Waals surface area contributed by atoms with Crippen LogP contribution in [0.2, 0.25) is 5.02 Å². The van der Waals surface area contributed by atoms with E-state index in [0.29, 0.717) is 5.56 Å². The highest BCUT2D eigenvalue weighted by molar-refractivity contribution is 7.91. The fourth-order valence-electron chi connectivity index (χ4n) is 1.35. The minimum absolute atomic E-state index is 0.0332. The highest BCUT2D eigenvalue weighted by atomic mass is 35.5. The first-order chi connectivity index (χ1) is 8.76. The molecule has 0 saturated heterocycles. The van der Waals surface area contributed by atoms with E-state index >= 15 is 0 Å². The van der Waals surface area contributed by atoms with Crippen molar-refractivity contribution in [2.45, 2.75) is 18.4 Å². The topological polar surface area (TPSA) is 63.2 Å². The van der Waals surface area contributed by atoms with Gasteiger partial charge in [-0.25, -0.2) is 12.8 Å². The van der Waals surface area contributed by atoms with Gasteiger partial charge < -0.3 is 5.32 Å². The Morgan fingerprint density at radius 1 is 1.42 bits per heavy atom. The van der Waals surface area contributed by atoms with Crippen molar-refractivity contribution in [3.8, 4) is 0 Å². The van der Waals surface area contributed by atoms with Crippen molar-refractivity contribution >= 4 is 27.3 Å². The number of benzene rings is 1. The summed E-state index contributed by atoms with van der Waals surface area (Å²) in [6.07, 6.45) is 0. The third kappa shape index (κ3) is 4.33. The molecule has 0 unspecified atom stereocenters. The van der Waals surface area contributed by atoms with Crippen molar-refractivity contribution in [2.75, 3.05) is 5.75 Å². The second-order valence-corrected chi connectivity index (χ2v) is 6.50. The number of hydrogen-bond acceptors (Lipinski definition) is 3. The summed E-state index contributed by atoms with van der Waals surface area (Å²) in [6.45, 7) is 4.34. The molecule has 0 spiro atoms. The summed E-state index contributed by atoms with van der Waals surface area (Å²) >= 11 is 5.82. The monoisotopic (exact) mass is 305 g/mol. The summed E-state index contributed by atoms with van der Waals surface area (Å²) in [5.41, 5.74) is 0.467. The molecule has 1 amide bonds. The van der Waals surface area contributed by atoms with Crippen LogP contribution in [0.3, 0.4) is 0 Å². The molecule has 7 heteroatoms. The zero-order chi connectivity index (χ0) is 14.6. The van der Waals surface area contributed by atoms with Gasteiger partial charge in [-0.3, -0.25) is 4.79 Å². The third-order valence-corrected chi connectivity index (χ3v) is 4.30. The van der Waals surface area contributed by atoms with E-state index in [4.69, 9.17) is 11.6 Å². The largest absolute Gasteiger partial charge is 0.346 e. The molecule has 4 nitrogen and oxygen atoms in total. The van der Waals surface area contributed by atoms with Crippen LogP contribution in [0, 0.1) is 0 Å². The Bertz CT molecular complexity index is 613. The van der Waals surface area contributed by atoms with Gasteiger partial charge in [0.15, 0.2) is 15.7 Å². The van der Waals surface area contributed by atoms with Crippen LogP contribution < -0.4 is 5.32 Å². The first kappa shape index (κ1) is 15.7. The molecule has 0 atom stereocenters. The number of amides is 1. The van der Waals surface area contributed by atoms with E-state index in [1.165, 1.54) is 25.1 Å². The molecule has 0 aliphatic rings. The molecule has 19 heavy (non-hydrogen) atoms. The lowest BCUT2D eigenvalue weighted by atomic mass is 10.2. The predicted octanol–water partition coefficient (Wildman–Crippen LogP) is 2.23. The van der Waals surface area contributed by atoms with Crippen molar-refractivity contribution in [3.05, 3.63) is 41.2 Å². The molecule has 1 N–H and O–H groups in total. The molecule has 0 heterocycles. The van der Waals surface area contributed by atoms with Crippen molar-refractivity contribution in [2.24, 2.45) is 0 Å². The third-order valence-electron chi connectivity index (χ3n) is 2.37. The maximum atomic E-state index is 12.5. The fraction of sp³-hybridized carbons (Fsp3) is 0.250. The number of rotatable bonds is 5. The molecular formula is C12H13ClFNO3S. The molecule has 0 fully saturated rings. The SMILES string of the molecule is C=C(F)C(=O)NCc1cc(Cl)cc(S(=O)(=O)CC)c1. The molecule has 0 aliphatic heterocycles. The van der Waals surface area contributed by atoms with Gasteiger partial charge in [0, 0.05) is 11.6 Å². The molecule has 0 aromatic heterocycles. The lowest BCUT2D eigenvalue weighted by Gasteiger charge is -2.07. The average molecular weight is 306 g/mol. The van der Waals surface area contributed by atoms with Crippen molar-refractivity contribution in [3.63, 3.8) is 0 Å². The van der Waals surface area contributed by atoms with Gasteiger partial charge in [-0.2, -0.15) is 0 Å². The highest BCUT2D eigenvalue weighted by Gasteiger charge is 2.14. The zero-order valence-electron chi connectivity index (χ0n) is 10.2. The molecule has 0 aliphatic carbocycles. The van der Waals surface area contributed by atoms with E-state index in [-0.39, 0.29) is 22.2 Å². The minimum Gasteiger partial charge on any atom is -0.346 e. The van der Waals surface area contributed by atoms with E-state index < -0.39 is 21.6 Å². The summed E-state index contributed by atoms with van der Waals surface area (Å²) in [4.78, 5) is 11.1. The van der Waals surface area contributed by atoms with Gasteiger partial charge in [0.25, 0.3) is 5.91 Å². The Hall–Kier alpha value is -1.40. The van der Waals surface area contributed by atoms with E-state index in [2.05, 4.69) is 11.9 Å². The molecule has 0 radical (unpaired) electrons. The maximum absolute atomic E-state index is 12.5. The highest BCUT2D eigenvalue weighted by Crippen LogP contribution is 2.20. The van der Waals surface area contributed by atoms with Gasteiger partial charge in [-0.05, 0) is 23.8 Å². The average Bonchev–Trinajstić information content (AvgIpc) is 2.35. The van der Waals surface area contributed by atoms with Crippen LogP contribution in [-0.4, -0.2) is 20.1 Å². The van der Waals surface area contributed by atoms with Crippen LogP contribution in [0.25, 0.3) is 0 Å². The van der Waals surface area contributed by atoms with Crippen LogP contribution >= 0.6 is 11.6 Å². The van der Waals surface area contributed by atoms with Gasteiger partial charge in [0.2, 0.25) is 0 Å². The standard InChI is InChI=1S/C12H13ClFNO3S/c1-3-19(17,18)11-5-9(4-10(13)6-11)7-15-12(16)8(2)14/h4-6H,2-3,7H2,1H3,(H,15,16). The Balaban J connectivity index is 2.98. The smallest absolute Gasteiger partial charge is 0.279 e. The van der Waals surface area contributed by atoms with Crippen LogP contribution in [-0.2, 0) is 21.2 Å². The molecule has 1 aromatic carbocycles. The van der Waals surface area contributed by atoms with Crippen molar-refractivity contribution < 1.29 is 17.6 Å². The second kappa shape index (κ2) is 6.16. The lowest BCUT2D eigenvalue weighted by molar-refractivity contribution is -0.119. The number of hydrogen-bond donors (Lipinski definition) is 1. The number of sulfone groups is 1. The Morgan fingerprint density at radius 2 is 2.05 bits per heavy atom. The zero-order valence-corrected chi connectivity index (χ0v) is 11.8. The molecule has 1 rings (SSSR count). The predicted molar refractivity (Wildman–Crippen MR) is 71.3 cm³/mol. The van der Waals surface area contributed by atoms with Gasteiger partial charge >= 0.3 is 0 Å². The normalized spacial score (nSPS) is 11.1. The second-order valence-electron chi connectivity index (χ2n) is 3.79. The van der Waals surface area contributed by atoms with E-state index in [1.54, 1.807) is 0 Å². The maximum Gasteiger partial charge on any atom is 0.279 e. The quantitative estimate of drug-likeness (QED) is 0.849.